The van der Waals surface area contributed by atoms with E-state index in [0.717, 1.165) is 32.4 Å². The summed E-state index contributed by atoms with van der Waals surface area (Å²) in [6, 6.07) is 0.391. The number of carbonyl (C=O) groups excluding carboxylic acids is 1. The van der Waals surface area contributed by atoms with Gasteiger partial charge in [-0.05, 0) is 25.8 Å². The zero-order valence-corrected chi connectivity index (χ0v) is 10.4. The van der Waals surface area contributed by atoms with Crippen LogP contribution in [0.1, 0.15) is 38.5 Å². The molecule has 0 spiro atoms. The van der Waals surface area contributed by atoms with E-state index >= 15 is 0 Å². The summed E-state index contributed by atoms with van der Waals surface area (Å²) in [6.07, 6.45) is 9.32. The number of hydrogen-bond acceptors (Lipinski definition) is 2. The minimum Gasteiger partial charge on any atom is -0.335 e. The van der Waals surface area contributed by atoms with Crippen molar-refractivity contribution in [2.45, 2.75) is 44.6 Å². The molecule has 0 unspecified atom stereocenters. The highest BCUT2D eigenvalue weighted by atomic mass is 16.2. The first-order chi connectivity index (χ1) is 8.34. The summed E-state index contributed by atoms with van der Waals surface area (Å²) in [4.78, 5) is 11.7. The molecule has 0 saturated heterocycles. The second kappa shape index (κ2) is 6.64. The van der Waals surface area contributed by atoms with Gasteiger partial charge in [0.15, 0.2) is 0 Å². The van der Waals surface area contributed by atoms with Gasteiger partial charge < -0.3 is 16.0 Å². The van der Waals surface area contributed by atoms with Crippen molar-refractivity contribution < 1.29 is 4.79 Å². The molecule has 0 radical (unpaired) electrons. The van der Waals surface area contributed by atoms with E-state index in [-0.39, 0.29) is 6.03 Å². The van der Waals surface area contributed by atoms with Gasteiger partial charge in [-0.1, -0.05) is 30.9 Å². The molecule has 2 aliphatic rings. The standard InChI is InChI=1S/C13H23N3O/c17-13(16-12-4-2-1-3-5-12)15-10-11-6-8-14-9-7-11/h6,12,14H,1-5,7-10H2,(H2,15,16,17). The van der Waals surface area contributed by atoms with Crippen molar-refractivity contribution in [2.75, 3.05) is 19.6 Å². The van der Waals surface area contributed by atoms with Crippen molar-refractivity contribution in [1.29, 1.82) is 0 Å². The molecule has 1 fully saturated rings. The highest BCUT2D eigenvalue weighted by Crippen LogP contribution is 2.17. The van der Waals surface area contributed by atoms with Crippen LogP contribution in [0.4, 0.5) is 4.79 Å². The van der Waals surface area contributed by atoms with Gasteiger partial charge in [-0.15, -0.1) is 0 Å². The first kappa shape index (κ1) is 12.4. The van der Waals surface area contributed by atoms with Gasteiger partial charge in [0.1, 0.15) is 0 Å². The van der Waals surface area contributed by atoms with Crippen LogP contribution in [0, 0.1) is 0 Å². The van der Waals surface area contributed by atoms with Gasteiger partial charge in [-0.3, -0.25) is 0 Å². The Labute approximate surface area is 103 Å². The van der Waals surface area contributed by atoms with E-state index in [1.165, 1.54) is 24.8 Å². The minimum absolute atomic E-state index is 0.00340. The van der Waals surface area contributed by atoms with Gasteiger partial charge >= 0.3 is 6.03 Å². The molecule has 2 rings (SSSR count). The molecule has 0 aromatic carbocycles. The third-order valence-corrected chi connectivity index (χ3v) is 3.57. The molecular weight excluding hydrogens is 214 g/mol. The van der Waals surface area contributed by atoms with E-state index < -0.39 is 0 Å². The van der Waals surface area contributed by atoms with Gasteiger partial charge in [0.05, 0.1) is 0 Å². The maximum Gasteiger partial charge on any atom is 0.315 e. The van der Waals surface area contributed by atoms with Crippen molar-refractivity contribution in [1.82, 2.24) is 16.0 Å². The predicted molar refractivity (Wildman–Crippen MR) is 69.0 cm³/mol. The third kappa shape index (κ3) is 4.38. The lowest BCUT2D eigenvalue weighted by Crippen LogP contribution is -2.43. The van der Waals surface area contributed by atoms with Crippen LogP contribution < -0.4 is 16.0 Å². The largest absolute Gasteiger partial charge is 0.335 e. The van der Waals surface area contributed by atoms with Crippen LogP contribution in [0.25, 0.3) is 0 Å². The molecule has 4 nitrogen and oxygen atoms in total. The molecule has 1 aliphatic carbocycles. The van der Waals surface area contributed by atoms with Gasteiger partial charge in [0.25, 0.3) is 0 Å². The molecule has 3 N–H and O–H groups in total. The van der Waals surface area contributed by atoms with E-state index in [2.05, 4.69) is 22.0 Å². The second-order valence-electron chi connectivity index (χ2n) is 4.98. The molecule has 0 atom stereocenters. The van der Waals surface area contributed by atoms with Gasteiger partial charge in [0, 0.05) is 19.1 Å². The van der Waals surface area contributed by atoms with E-state index in [1.54, 1.807) is 0 Å². The fourth-order valence-electron chi connectivity index (χ4n) is 2.51. The predicted octanol–water partition coefficient (Wildman–Crippen LogP) is 1.54. The number of carbonyl (C=O) groups is 1. The number of urea groups is 1. The molecule has 2 amide bonds. The molecule has 1 heterocycles. The van der Waals surface area contributed by atoms with Crippen molar-refractivity contribution in [3.05, 3.63) is 11.6 Å². The van der Waals surface area contributed by atoms with E-state index in [0.29, 0.717) is 12.6 Å². The van der Waals surface area contributed by atoms with Crippen LogP contribution in [0.2, 0.25) is 0 Å². The Balaban J connectivity index is 1.64. The van der Waals surface area contributed by atoms with E-state index in [9.17, 15) is 4.79 Å². The Morgan fingerprint density at radius 2 is 2.18 bits per heavy atom. The van der Waals surface area contributed by atoms with Crippen molar-refractivity contribution in [2.24, 2.45) is 0 Å². The van der Waals surface area contributed by atoms with Crippen LogP contribution in [0.3, 0.4) is 0 Å². The molecule has 0 aromatic rings. The number of amides is 2. The van der Waals surface area contributed by atoms with Crippen molar-refractivity contribution in [3.63, 3.8) is 0 Å². The Kier molecular flexibility index (Phi) is 4.86. The SMILES string of the molecule is O=C(NCC1=CCNCC1)NC1CCCCC1. The first-order valence-electron chi connectivity index (χ1n) is 6.77. The number of hydrogen-bond donors (Lipinski definition) is 3. The highest BCUT2D eigenvalue weighted by Gasteiger charge is 2.15. The quantitative estimate of drug-likeness (QED) is 0.652. The molecule has 96 valence electrons. The fourth-order valence-corrected chi connectivity index (χ4v) is 2.51. The van der Waals surface area contributed by atoms with Gasteiger partial charge in [-0.25, -0.2) is 4.79 Å². The van der Waals surface area contributed by atoms with E-state index in [4.69, 9.17) is 0 Å². The average molecular weight is 237 g/mol. The van der Waals surface area contributed by atoms with Crippen LogP contribution in [-0.4, -0.2) is 31.7 Å². The smallest absolute Gasteiger partial charge is 0.315 e. The summed E-state index contributed by atoms with van der Waals surface area (Å²) in [6.45, 7) is 2.65. The Hall–Kier alpha value is -1.03. The third-order valence-electron chi connectivity index (χ3n) is 3.57. The molecule has 1 saturated carbocycles. The maximum absolute atomic E-state index is 11.7. The van der Waals surface area contributed by atoms with Crippen molar-refractivity contribution in [3.8, 4) is 0 Å². The summed E-state index contributed by atoms with van der Waals surface area (Å²) in [5, 5.41) is 9.28. The molecule has 17 heavy (non-hydrogen) atoms. The summed E-state index contributed by atoms with van der Waals surface area (Å²) in [5.74, 6) is 0. The lowest BCUT2D eigenvalue weighted by atomic mass is 9.96. The molecule has 4 heteroatoms. The van der Waals surface area contributed by atoms with E-state index in [1.807, 2.05) is 0 Å². The highest BCUT2D eigenvalue weighted by molar-refractivity contribution is 5.74. The molecular formula is C13H23N3O. The van der Waals surface area contributed by atoms with Crippen LogP contribution in [0.15, 0.2) is 11.6 Å². The monoisotopic (exact) mass is 237 g/mol. The molecule has 0 aromatic heterocycles. The lowest BCUT2D eigenvalue weighted by molar-refractivity contribution is 0.233. The minimum atomic E-state index is -0.00340. The second-order valence-corrected chi connectivity index (χ2v) is 4.98. The normalized spacial score (nSPS) is 21.8. The summed E-state index contributed by atoms with van der Waals surface area (Å²) in [7, 11) is 0. The molecule has 1 aliphatic heterocycles. The van der Waals surface area contributed by atoms with Crippen LogP contribution in [0.5, 0.6) is 0 Å². The summed E-state index contributed by atoms with van der Waals surface area (Å²) >= 11 is 0. The van der Waals surface area contributed by atoms with Gasteiger partial charge in [0.2, 0.25) is 0 Å². The first-order valence-corrected chi connectivity index (χ1v) is 6.77. The average Bonchev–Trinajstić information content (AvgIpc) is 2.39. The topological polar surface area (TPSA) is 53.2 Å². The zero-order chi connectivity index (χ0) is 11.9. The summed E-state index contributed by atoms with van der Waals surface area (Å²) < 4.78 is 0. The zero-order valence-electron chi connectivity index (χ0n) is 10.4. The Bertz CT molecular complexity index is 282. The van der Waals surface area contributed by atoms with Crippen molar-refractivity contribution >= 4 is 6.03 Å². The number of nitrogens with one attached hydrogen (secondary N) is 3. The number of rotatable bonds is 3. The van der Waals surface area contributed by atoms with Gasteiger partial charge in [-0.2, -0.15) is 0 Å². The fraction of sp³-hybridized carbons (Fsp3) is 0.769. The lowest BCUT2D eigenvalue weighted by Gasteiger charge is -2.23. The van der Waals surface area contributed by atoms with Crippen LogP contribution in [-0.2, 0) is 0 Å². The maximum atomic E-state index is 11.7. The van der Waals surface area contributed by atoms with Crippen LogP contribution >= 0.6 is 0 Å². The molecule has 0 bridgehead atoms. The Morgan fingerprint density at radius 3 is 2.88 bits per heavy atom. The summed E-state index contributed by atoms with van der Waals surface area (Å²) in [5.41, 5.74) is 1.34. The Morgan fingerprint density at radius 1 is 1.35 bits per heavy atom.